The van der Waals surface area contributed by atoms with Crippen molar-refractivity contribution >= 4 is 28.3 Å². The highest BCUT2D eigenvalue weighted by atomic mass is 32.2. The minimum absolute atomic E-state index is 0.0813. The van der Waals surface area contributed by atoms with E-state index in [1.54, 1.807) is 12.1 Å². The normalized spacial score (nSPS) is 20.5. The number of rotatable bonds is 3. The minimum atomic E-state index is -3.39. The van der Waals surface area contributed by atoms with Gasteiger partial charge in [-0.3, -0.25) is 4.72 Å². The van der Waals surface area contributed by atoms with Crippen LogP contribution in [0.2, 0.25) is 0 Å². The fraction of sp³-hybridized carbons (Fsp3) is 0.538. The highest BCUT2D eigenvalue weighted by molar-refractivity contribution is 7.92. The summed E-state index contributed by atoms with van der Waals surface area (Å²) in [5.74, 6) is -0.0813. The average Bonchev–Trinajstić information content (AvgIpc) is 2.45. The molecule has 0 aliphatic carbocycles. The molecule has 6 nitrogen and oxygen atoms in total. The van der Waals surface area contributed by atoms with Gasteiger partial charge in [0.15, 0.2) is 0 Å². The second-order valence-electron chi connectivity index (χ2n) is 6.24. The monoisotopic (exact) mass is 313 g/mol. The highest BCUT2D eigenvalue weighted by Crippen LogP contribution is 2.37. The van der Waals surface area contributed by atoms with Crippen LogP contribution >= 0.6 is 0 Å². The SMILES string of the molecule is CC1(C)OB(c2ccc(NS(C)(=O)=O)cc2O)OC1(C)C. The molecule has 0 radical (unpaired) electrons. The molecule has 0 atom stereocenters. The van der Waals surface area contributed by atoms with Crippen LogP contribution in [0.15, 0.2) is 18.2 Å². The number of hydrogen-bond donors (Lipinski definition) is 2. The van der Waals surface area contributed by atoms with Crippen molar-refractivity contribution in [3.63, 3.8) is 0 Å². The molecule has 1 aliphatic heterocycles. The number of hydrogen-bond acceptors (Lipinski definition) is 5. The number of nitrogens with one attached hydrogen (secondary N) is 1. The Hall–Kier alpha value is -1.25. The number of phenols is 1. The number of sulfonamides is 1. The zero-order valence-electron chi connectivity index (χ0n) is 12.8. The molecule has 0 aromatic heterocycles. The summed E-state index contributed by atoms with van der Waals surface area (Å²) in [6.07, 6.45) is 1.05. The molecule has 0 saturated carbocycles. The van der Waals surface area contributed by atoms with E-state index in [4.69, 9.17) is 9.31 Å². The number of aromatic hydroxyl groups is 1. The van der Waals surface area contributed by atoms with Gasteiger partial charge in [0.05, 0.1) is 23.1 Å². The highest BCUT2D eigenvalue weighted by Gasteiger charge is 2.52. The molecule has 116 valence electrons. The lowest BCUT2D eigenvalue weighted by atomic mass is 9.78. The Morgan fingerprint density at radius 1 is 1.14 bits per heavy atom. The first-order valence-electron chi connectivity index (χ1n) is 6.58. The summed E-state index contributed by atoms with van der Waals surface area (Å²) in [7, 11) is -4.08. The van der Waals surface area contributed by atoms with Crippen LogP contribution in [0.25, 0.3) is 0 Å². The van der Waals surface area contributed by atoms with Gasteiger partial charge in [0, 0.05) is 11.5 Å². The van der Waals surface area contributed by atoms with E-state index in [0.29, 0.717) is 5.46 Å². The van der Waals surface area contributed by atoms with Crippen LogP contribution in [-0.4, -0.2) is 38.1 Å². The van der Waals surface area contributed by atoms with Crippen molar-refractivity contribution in [2.45, 2.75) is 38.9 Å². The Morgan fingerprint density at radius 3 is 2.10 bits per heavy atom. The summed E-state index contributed by atoms with van der Waals surface area (Å²) in [5, 5.41) is 10.1. The molecule has 1 fully saturated rings. The average molecular weight is 313 g/mol. The molecule has 8 heteroatoms. The molecule has 2 N–H and O–H groups in total. The van der Waals surface area contributed by atoms with Crippen molar-refractivity contribution < 1.29 is 22.8 Å². The van der Waals surface area contributed by atoms with Crippen molar-refractivity contribution in [3.05, 3.63) is 18.2 Å². The zero-order valence-corrected chi connectivity index (χ0v) is 13.6. The van der Waals surface area contributed by atoms with Crippen LogP contribution in [0.5, 0.6) is 5.75 Å². The summed E-state index contributed by atoms with van der Waals surface area (Å²) in [6.45, 7) is 7.68. The first-order valence-corrected chi connectivity index (χ1v) is 8.47. The molecule has 0 amide bonds. The van der Waals surface area contributed by atoms with E-state index in [-0.39, 0.29) is 11.4 Å². The topological polar surface area (TPSA) is 84.9 Å². The van der Waals surface area contributed by atoms with Crippen LogP contribution in [0.1, 0.15) is 27.7 Å². The molecular weight excluding hydrogens is 293 g/mol. The van der Waals surface area contributed by atoms with Crippen molar-refractivity contribution in [1.82, 2.24) is 0 Å². The van der Waals surface area contributed by atoms with Crippen LogP contribution < -0.4 is 10.2 Å². The van der Waals surface area contributed by atoms with E-state index in [9.17, 15) is 13.5 Å². The molecule has 1 aromatic carbocycles. The summed E-state index contributed by atoms with van der Waals surface area (Å²) >= 11 is 0. The predicted octanol–water partition coefficient (Wildman–Crippen LogP) is 1.06. The lowest BCUT2D eigenvalue weighted by molar-refractivity contribution is 0.00578. The fourth-order valence-corrected chi connectivity index (χ4v) is 2.55. The fourth-order valence-electron chi connectivity index (χ4n) is 1.99. The largest absolute Gasteiger partial charge is 0.508 e. The lowest BCUT2D eigenvalue weighted by Gasteiger charge is -2.32. The third-order valence-corrected chi connectivity index (χ3v) is 4.45. The first-order chi connectivity index (χ1) is 9.41. The molecule has 21 heavy (non-hydrogen) atoms. The summed E-state index contributed by atoms with van der Waals surface area (Å²) in [5.41, 5.74) is -0.260. The second kappa shape index (κ2) is 4.89. The molecule has 2 rings (SSSR count). The van der Waals surface area contributed by atoms with Crippen molar-refractivity contribution in [2.24, 2.45) is 0 Å². The summed E-state index contributed by atoms with van der Waals surface area (Å²) < 4.78 is 36.4. The third-order valence-electron chi connectivity index (χ3n) is 3.84. The maximum absolute atomic E-state index is 11.2. The molecule has 1 aromatic rings. The minimum Gasteiger partial charge on any atom is -0.508 e. The molecule has 0 bridgehead atoms. The maximum Gasteiger partial charge on any atom is 0.498 e. The van der Waals surface area contributed by atoms with Crippen LogP contribution in [-0.2, 0) is 19.3 Å². The van der Waals surface area contributed by atoms with E-state index in [2.05, 4.69) is 4.72 Å². The Balaban J connectivity index is 2.27. The molecule has 1 heterocycles. The van der Waals surface area contributed by atoms with Crippen LogP contribution in [0.4, 0.5) is 5.69 Å². The van der Waals surface area contributed by atoms with Crippen molar-refractivity contribution in [3.8, 4) is 5.75 Å². The van der Waals surface area contributed by atoms with Gasteiger partial charge in [-0.05, 0) is 33.8 Å². The Labute approximate surface area is 125 Å². The predicted molar refractivity (Wildman–Crippen MR) is 82.3 cm³/mol. The van der Waals surface area contributed by atoms with E-state index >= 15 is 0 Å². The molecule has 1 aliphatic rings. The summed E-state index contributed by atoms with van der Waals surface area (Å²) in [6, 6.07) is 4.48. The molecule has 0 spiro atoms. The van der Waals surface area contributed by atoms with Gasteiger partial charge in [0.1, 0.15) is 5.75 Å². The van der Waals surface area contributed by atoms with E-state index in [1.165, 1.54) is 6.07 Å². The number of benzene rings is 1. The standard InChI is InChI=1S/C13H20BNO5S/c1-12(2)13(3,4)20-14(19-12)10-7-6-9(8-11(10)16)15-21(5,17)18/h6-8,15-16H,1-5H3. The maximum atomic E-state index is 11.2. The van der Waals surface area contributed by atoms with Gasteiger partial charge in [-0.2, -0.15) is 0 Å². The van der Waals surface area contributed by atoms with E-state index in [0.717, 1.165) is 6.26 Å². The van der Waals surface area contributed by atoms with Gasteiger partial charge in [-0.25, -0.2) is 8.42 Å². The van der Waals surface area contributed by atoms with Crippen LogP contribution in [0.3, 0.4) is 0 Å². The first kappa shape index (κ1) is 16.1. The van der Waals surface area contributed by atoms with Gasteiger partial charge in [-0.1, -0.05) is 6.07 Å². The Bertz CT molecular complexity index is 641. The van der Waals surface area contributed by atoms with Gasteiger partial charge in [0.25, 0.3) is 0 Å². The lowest BCUT2D eigenvalue weighted by Crippen LogP contribution is -2.41. The van der Waals surface area contributed by atoms with Gasteiger partial charge >= 0.3 is 7.12 Å². The Morgan fingerprint density at radius 2 is 1.67 bits per heavy atom. The quantitative estimate of drug-likeness (QED) is 0.815. The summed E-state index contributed by atoms with van der Waals surface area (Å²) in [4.78, 5) is 0. The zero-order chi connectivity index (χ0) is 16.1. The molecule has 0 unspecified atom stereocenters. The van der Waals surface area contributed by atoms with Crippen LogP contribution in [0, 0.1) is 0 Å². The number of phenolic OH excluding ortho intramolecular Hbond substituents is 1. The van der Waals surface area contributed by atoms with Gasteiger partial charge in [-0.15, -0.1) is 0 Å². The number of anilines is 1. The molecule has 1 saturated heterocycles. The third kappa shape index (κ3) is 3.33. The van der Waals surface area contributed by atoms with Crippen molar-refractivity contribution in [1.29, 1.82) is 0 Å². The van der Waals surface area contributed by atoms with E-state index < -0.39 is 28.3 Å². The smallest absolute Gasteiger partial charge is 0.498 e. The van der Waals surface area contributed by atoms with E-state index in [1.807, 2.05) is 27.7 Å². The Kier molecular flexibility index (Phi) is 3.76. The van der Waals surface area contributed by atoms with Gasteiger partial charge < -0.3 is 14.4 Å². The second-order valence-corrected chi connectivity index (χ2v) is 7.98. The van der Waals surface area contributed by atoms with Gasteiger partial charge in [0.2, 0.25) is 10.0 Å². The molecular formula is C13H20BNO5S. The van der Waals surface area contributed by atoms with Crippen molar-refractivity contribution in [2.75, 3.05) is 11.0 Å².